The molecule has 0 bridgehead atoms. The van der Waals surface area contributed by atoms with Crippen LogP contribution in [-0.4, -0.2) is 12.5 Å². The third kappa shape index (κ3) is 6.21. The van der Waals surface area contributed by atoms with Crippen LogP contribution in [0.1, 0.15) is 55.3 Å². The fourth-order valence-electron chi connectivity index (χ4n) is 3.25. The van der Waals surface area contributed by atoms with Crippen molar-refractivity contribution in [2.45, 2.75) is 38.6 Å². The predicted octanol–water partition coefficient (Wildman–Crippen LogP) is 5.87. The van der Waals surface area contributed by atoms with Gasteiger partial charge in [0.15, 0.2) is 0 Å². The number of carbonyl (C=O) groups is 1. The first kappa shape index (κ1) is 20.7. The van der Waals surface area contributed by atoms with Crippen molar-refractivity contribution >= 4 is 5.91 Å². The average Bonchev–Trinajstić information content (AvgIpc) is 2.76. The quantitative estimate of drug-likeness (QED) is 0.466. The highest BCUT2D eigenvalue weighted by Gasteiger charge is 2.16. The molecule has 0 fully saturated rings. The lowest BCUT2D eigenvalue weighted by atomic mass is 9.98. The summed E-state index contributed by atoms with van der Waals surface area (Å²) >= 11 is 0. The van der Waals surface area contributed by atoms with Crippen LogP contribution in [0.25, 0.3) is 0 Å². The predicted molar refractivity (Wildman–Crippen MR) is 118 cm³/mol. The maximum Gasteiger partial charge on any atom is 0.220 e. The molecule has 0 radical (unpaired) electrons. The molecule has 0 saturated heterocycles. The maximum absolute atomic E-state index is 12.6. The molecule has 3 rings (SSSR count). The number of rotatable bonds is 9. The number of carbonyl (C=O) groups excluding carboxylic acids is 1. The summed E-state index contributed by atoms with van der Waals surface area (Å²) in [4.78, 5) is 12.6. The van der Waals surface area contributed by atoms with E-state index in [2.05, 4.69) is 31.3 Å². The van der Waals surface area contributed by atoms with Crippen LogP contribution in [0, 0.1) is 0 Å². The summed E-state index contributed by atoms with van der Waals surface area (Å²) in [6.07, 6.45) is 1.11. The zero-order valence-electron chi connectivity index (χ0n) is 17.2. The molecular weight excluding hydrogens is 358 g/mol. The Labute approximate surface area is 173 Å². The smallest absolute Gasteiger partial charge is 0.220 e. The first-order chi connectivity index (χ1) is 14.1. The highest BCUT2D eigenvalue weighted by molar-refractivity contribution is 5.77. The van der Waals surface area contributed by atoms with Gasteiger partial charge in [0.2, 0.25) is 5.91 Å². The third-order valence-corrected chi connectivity index (χ3v) is 4.93. The molecule has 0 heterocycles. The Hall–Kier alpha value is -3.07. The molecule has 0 spiro atoms. The van der Waals surface area contributed by atoms with Gasteiger partial charge < -0.3 is 10.1 Å². The van der Waals surface area contributed by atoms with Crippen LogP contribution in [0.2, 0.25) is 0 Å². The number of hydrogen-bond acceptors (Lipinski definition) is 2. The van der Waals surface area contributed by atoms with Crippen molar-refractivity contribution in [3.63, 3.8) is 0 Å². The molecule has 3 heteroatoms. The second-order valence-corrected chi connectivity index (χ2v) is 7.50. The van der Waals surface area contributed by atoms with Crippen LogP contribution < -0.4 is 10.1 Å². The van der Waals surface area contributed by atoms with E-state index in [0.717, 1.165) is 16.9 Å². The van der Waals surface area contributed by atoms with Crippen molar-refractivity contribution < 1.29 is 9.53 Å². The molecule has 150 valence electrons. The van der Waals surface area contributed by atoms with Crippen molar-refractivity contribution in [1.29, 1.82) is 0 Å². The van der Waals surface area contributed by atoms with E-state index in [1.54, 1.807) is 0 Å². The van der Waals surface area contributed by atoms with Gasteiger partial charge in [-0.3, -0.25) is 4.79 Å². The second-order valence-electron chi connectivity index (χ2n) is 7.50. The molecule has 29 heavy (non-hydrogen) atoms. The molecule has 0 atom stereocenters. The van der Waals surface area contributed by atoms with E-state index >= 15 is 0 Å². The molecule has 0 aliphatic heterocycles. The average molecular weight is 388 g/mol. The normalized spacial score (nSPS) is 10.9. The Balaban J connectivity index is 1.51. The minimum atomic E-state index is -0.144. The number of ether oxygens (including phenoxy) is 1. The van der Waals surface area contributed by atoms with Gasteiger partial charge in [0.25, 0.3) is 0 Å². The van der Waals surface area contributed by atoms with Crippen LogP contribution in [0.3, 0.4) is 0 Å². The van der Waals surface area contributed by atoms with Crippen molar-refractivity contribution in [2.24, 2.45) is 0 Å². The summed E-state index contributed by atoms with van der Waals surface area (Å²) in [6.45, 7) is 4.87. The van der Waals surface area contributed by atoms with E-state index in [0.29, 0.717) is 25.4 Å². The van der Waals surface area contributed by atoms with Crippen molar-refractivity contribution in [2.75, 3.05) is 6.61 Å². The zero-order chi connectivity index (χ0) is 20.5. The van der Waals surface area contributed by atoms with Gasteiger partial charge in [-0.2, -0.15) is 0 Å². The Morgan fingerprint density at radius 3 is 1.86 bits per heavy atom. The fraction of sp³-hybridized carbons (Fsp3) is 0.269. The van der Waals surface area contributed by atoms with Crippen LogP contribution in [0.4, 0.5) is 0 Å². The lowest BCUT2D eigenvalue weighted by Gasteiger charge is -2.20. The molecule has 0 aliphatic rings. The minimum Gasteiger partial charge on any atom is -0.494 e. The van der Waals surface area contributed by atoms with Gasteiger partial charge in [-0.05, 0) is 41.2 Å². The second kappa shape index (κ2) is 10.5. The summed E-state index contributed by atoms with van der Waals surface area (Å²) in [7, 11) is 0. The van der Waals surface area contributed by atoms with Crippen molar-refractivity contribution in [1.82, 2.24) is 5.32 Å². The first-order valence-electron chi connectivity index (χ1n) is 10.3. The van der Waals surface area contributed by atoms with E-state index in [4.69, 9.17) is 4.74 Å². The molecule has 3 nitrogen and oxygen atoms in total. The summed E-state index contributed by atoms with van der Waals surface area (Å²) in [5, 5.41) is 3.17. The molecule has 0 unspecified atom stereocenters. The topological polar surface area (TPSA) is 38.3 Å². The van der Waals surface area contributed by atoms with Gasteiger partial charge in [-0.25, -0.2) is 0 Å². The van der Waals surface area contributed by atoms with Gasteiger partial charge in [0, 0.05) is 6.42 Å². The number of nitrogens with one attached hydrogen (secondary N) is 1. The van der Waals surface area contributed by atoms with Gasteiger partial charge in [-0.1, -0.05) is 86.6 Å². The van der Waals surface area contributed by atoms with Crippen molar-refractivity contribution in [3.8, 4) is 5.75 Å². The summed E-state index contributed by atoms with van der Waals surface area (Å²) in [5.74, 6) is 1.39. The molecule has 3 aromatic carbocycles. The van der Waals surface area contributed by atoms with Gasteiger partial charge in [0.1, 0.15) is 5.75 Å². The van der Waals surface area contributed by atoms with Crippen molar-refractivity contribution in [3.05, 3.63) is 102 Å². The Morgan fingerprint density at radius 2 is 1.34 bits per heavy atom. The Bertz CT molecular complexity index is 834. The summed E-state index contributed by atoms with van der Waals surface area (Å²) in [6, 6.07) is 28.2. The van der Waals surface area contributed by atoms with Gasteiger partial charge in [0.05, 0.1) is 12.6 Å². The van der Waals surface area contributed by atoms with E-state index < -0.39 is 0 Å². The summed E-state index contributed by atoms with van der Waals surface area (Å²) in [5.41, 5.74) is 3.45. The number of benzene rings is 3. The number of hydrogen-bond donors (Lipinski definition) is 1. The van der Waals surface area contributed by atoms with E-state index in [-0.39, 0.29) is 11.9 Å². The third-order valence-electron chi connectivity index (χ3n) is 4.93. The molecule has 3 aromatic rings. The molecule has 0 aromatic heterocycles. The largest absolute Gasteiger partial charge is 0.494 e. The Morgan fingerprint density at radius 1 is 0.793 bits per heavy atom. The fourth-order valence-corrected chi connectivity index (χ4v) is 3.25. The standard InChI is InChI=1S/C26H29NO2/c1-20(2)21-15-17-24(18-16-21)29-19-9-14-25(28)27-26(22-10-5-3-6-11-22)23-12-7-4-8-13-23/h3-8,10-13,15-18,20,26H,9,14,19H2,1-2H3,(H,27,28). The minimum absolute atomic E-state index is 0.0291. The van der Waals surface area contributed by atoms with Crippen LogP contribution in [-0.2, 0) is 4.79 Å². The summed E-state index contributed by atoms with van der Waals surface area (Å²) < 4.78 is 5.79. The maximum atomic E-state index is 12.6. The van der Waals surface area contributed by atoms with Gasteiger partial charge in [-0.15, -0.1) is 0 Å². The lowest BCUT2D eigenvalue weighted by Crippen LogP contribution is -2.29. The zero-order valence-corrected chi connectivity index (χ0v) is 17.2. The highest BCUT2D eigenvalue weighted by atomic mass is 16.5. The molecule has 1 N–H and O–H groups in total. The molecular formula is C26H29NO2. The highest BCUT2D eigenvalue weighted by Crippen LogP contribution is 2.22. The van der Waals surface area contributed by atoms with Gasteiger partial charge >= 0.3 is 0 Å². The first-order valence-corrected chi connectivity index (χ1v) is 10.3. The molecule has 0 saturated carbocycles. The van der Waals surface area contributed by atoms with Crippen LogP contribution in [0.5, 0.6) is 5.75 Å². The Kier molecular flexibility index (Phi) is 7.46. The SMILES string of the molecule is CC(C)c1ccc(OCCCC(=O)NC(c2ccccc2)c2ccccc2)cc1. The van der Waals surface area contributed by atoms with Crippen LogP contribution in [0.15, 0.2) is 84.9 Å². The monoisotopic (exact) mass is 387 g/mol. The van der Waals surface area contributed by atoms with E-state index in [1.807, 2.05) is 72.8 Å². The van der Waals surface area contributed by atoms with Crippen LogP contribution >= 0.6 is 0 Å². The lowest BCUT2D eigenvalue weighted by molar-refractivity contribution is -0.121. The molecule has 1 amide bonds. The van der Waals surface area contributed by atoms with E-state index in [1.165, 1.54) is 5.56 Å². The number of amides is 1. The van der Waals surface area contributed by atoms with E-state index in [9.17, 15) is 4.79 Å². The molecule has 0 aliphatic carbocycles.